The molecular weight excluding hydrogens is 410 g/mol. The lowest BCUT2D eigenvalue weighted by atomic mass is 10.1. The van der Waals surface area contributed by atoms with Crippen LogP contribution >= 0.6 is 0 Å². The summed E-state index contributed by atoms with van der Waals surface area (Å²) in [4.78, 5) is 20.4. The Bertz CT molecular complexity index is 1190. The van der Waals surface area contributed by atoms with E-state index in [1.54, 1.807) is 26.0 Å². The fourth-order valence-electron chi connectivity index (χ4n) is 2.37. The molecular formula is C18H31N7O4S. The van der Waals surface area contributed by atoms with E-state index < -0.39 is 27.0 Å². The maximum Gasteiger partial charge on any atom is 0.322 e. The third-order valence-electron chi connectivity index (χ3n) is 4.17. The zero-order valence-electron chi connectivity index (χ0n) is 16.5. The predicted octanol–water partition coefficient (Wildman–Crippen LogP) is 2.47. The molecule has 2 aromatic heterocycles. The molecule has 0 radical (unpaired) electrons. The molecule has 0 spiro atoms. The molecule has 1 aromatic carbocycles. The van der Waals surface area contributed by atoms with Gasteiger partial charge in [0.2, 0.25) is 5.91 Å². The van der Waals surface area contributed by atoms with Gasteiger partial charge in [0.15, 0.2) is 21.3 Å². The Morgan fingerprint density at radius 3 is 2.43 bits per heavy atom. The zero-order chi connectivity index (χ0) is 22.1. The number of benzene rings is 1. The first-order valence-corrected chi connectivity index (χ1v) is 10.5. The van der Waals surface area contributed by atoms with Crippen molar-refractivity contribution in [2.24, 2.45) is 5.73 Å². The highest BCUT2D eigenvalue weighted by Crippen LogP contribution is 2.27. The molecule has 0 saturated heterocycles. The molecule has 0 aliphatic heterocycles. The molecule has 30 heavy (non-hydrogen) atoms. The summed E-state index contributed by atoms with van der Waals surface area (Å²) in [5, 5.41) is 9.40. The number of nitrogens with one attached hydrogen (secondary N) is 1. The van der Waals surface area contributed by atoms with Gasteiger partial charge in [0.25, 0.3) is 5.89 Å². The molecule has 11 nitrogen and oxygen atoms in total. The lowest BCUT2D eigenvalue weighted by Crippen LogP contribution is -2.32. The quantitative estimate of drug-likeness (QED) is 0.514. The monoisotopic (exact) mass is 441 g/mol. The van der Waals surface area contributed by atoms with Crippen LogP contribution in [0, 0.1) is 0 Å². The Kier molecular flexibility index (Phi) is 5.80. The number of carbonyl (C=O) groups excluding carboxylic acids is 1. The van der Waals surface area contributed by atoms with Crippen molar-refractivity contribution in [2.45, 2.75) is 37.0 Å². The summed E-state index contributed by atoms with van der Waals surface area (Å²) < 4.78 is 29.9. The molecule has 3 aromatic rings. The minimum atomic E-state index is -3.38. The number of rotatable bonds is 6. The van der Waals surface area contributed by atoms with Crippen molar-refractivity contribution in [1.82, 2.24) is 20.2 Å². The van der Waals surface area contributed by atoms with E-state index in [-0.39, 0.29) is 35.4 Å². The molecule has 168 valence electrons. The number of aromatic nitrogens is 4. The molecule has 12 heteroatoms. The normalized spacial score (nSPS) is 12.7. The minimum Gasteiger partial charge on any atom is -0.401 e. The molecule has 1 amide bonds. The van der Waals surface area contributed by atoms with E-state index in [0.717, 1.165) is 0 Å². The number of nitrogens with zero attached hydrogens (tertiary/aromatic N) is 4. The second-order valence-electron chi connectivity index (χ2n) is 6.80. The van der Waals surface area contributed by atoms with E-state index in [0.29, 0.717) is 11.3 Å². The first kappa shape index (κ1) is 21.3. The van der Waals surface area contributed by atoms with Gasteiger partial charge in [0.05, 0.1) is 28.1 Å². The largest absolute Gasteiger partial charge is 0.401 e. The van der Waals surface area contributed by atoms with E-state index in [1.807, 2.05) is 0 Å². The number of sulfone groups is 1. The molecule has 1 atom stereocenters. The predicted molar refractivity (Wildman–Crippen MR) is 120 cm³/mol. The van der Waals surface area contributed by atoms with Crippen molar-refractivity contribution in [3.05, 3.63) is 30.5 Å². The molecule has 0 aliphatic rings. The average Bonchev–Trinajstić information content (AvgIpc) is 3.16. The highest BCUT2D eigenvalue weighted by atomic mass is 32.2. The van der Waals surface area contributed by atoms with Gasteiger partial charge < -0.3 is 15.9 Å². The van der Waals surface area contributed by atoms with Crippen LogP contribution in [0.2, 0.25) is 0 Å². The molecule has 0 saturated carbocycles. The van der Waals surface area contributed by atoms with Gasteiger partial charge in [-0.25, -0.2) is 18.4 Å². The Morgan fingerprint density at radius 1 is 1.17 bits per heavy atom. The third-order valence-corrected chi connectivity index (χ3v) is 6.34. The molecule has 3 rings (SSSR count). The third kappa shape index (κ3) is 4.28. The van der Waals surface area contributed by atoms with Crippen molar-refractivity contribution in [3.63, 3.8) is 0 Å². The number of amides is 1. The summed E-state index contributed by atoms with van der Waals surface area (Å²) in [6.45, 7) is 4.75. The Morgan fingerprint density at radius 2 is 1.83 bits per heavy atom. The molecule has 0 aliphatic carbocycles. The van der Waals surface area contributed by atoms with Crippen LogP contribution in [-0.4, -0.2) is 45.8 Å². The lowest BCUT2D eigenvalue weighted by molar-refractivity contribution is -0.117. The minimum absolute atomic E-state index is 0. The van der Waals surface area contributed by atoms with E-state index in [4.69, 9.17) is 15.9 Å². The average molecular weight is 442 g/mol. The summed E-state index contributed by atoms with van der Waals surface area (Å²) in [7, 11) is -3.38. The topological polar surface area (TPSA) is 180 Å². The van der Waals surface area contributed by atoms with Gasteiger partial charge in [-0.1, -0.05) is 17.2 Å². The van der Waals surface area contributed by atoms with Gasteiger partial charge >= 0.3 is 6.01 Å². The van der Waals surface area contributed by atoms with Crippen LogP contribution in [-0.2, 0) is 14.6 Å². The van der Waals surface area contributed by atoms with Gasteiger partial charge in [-0.3, -0.25) is 10.1 Å². The Labute approximate surface area is 180 Å². The van der Waals surface area contributed by atoms with Crippen LogP contribution in [0.25, 0.3) is 22.8 Å². The van der Waals surface area contributed by atoms with Crippen molar-refractivity contribution >= 4 is 27.6 Å². The van der Waals surface area contributed by atoms with Gasteiger partial charge in [-0.05, 0) is 32.9 Å². The van der Waals surface area contributed by atoms with Gasteiger partial charge in [-0.2, -0.15) is 0 Å². The molecule has 2 heterocycles. The van der Waals surface area contributed by atoms with Crippen LogP contribution < -0.4 is 16.8 Å². The highest BCUT2D eigenvalue weighted by molar-refractivity contribution is 7.92. The van der Waals surface area contributed by atoms with E-state index >= 15 is 0 Å². The first-order chi connectivity index (χ1) is 14.1. The van der Waals surface area contributed by atoms with Crippen molar-refractivity contribution in [2.75, 3.05) is 11.1 Å². The molecule has 1 unspecified atom stereocenters. The number of hydrogen-bond acceptors (Lipinski definition) is 10. The maximum absolute atomic E-state index is 12.3. The first-order valence-electron chi connectivity index (χ1n) is 8.96. The summed E-state index contributed by atoms with van der Waals surface area (Å²) in [5.74, 6) is -0.484. The van der Waals surface area contributed by atoms with Gasteiger partial charge in [0, 0.05) is 12.7 Å². The van der Waals surface area contributed by atoms with E-state index in [9.17, 15) is 13.2 Å². The number of nitrogen functional groups attached to an aromatic ring is 1. The van der Waals surface area contributed by atoms with Crippen LogP contribution in [0.1, 0.15) is 27.9 Å². The van der Waals surface area contributed by atoms with Gasteiger partial charge in [-0.15, -0.1) is 5.10 Å². The summed E-state index contributed by atoms with van der Waals surface area (Å²) in [5.41, 5.74) is 12.5. The highest BCUT2D eigenvalue weighted by Gasteiger charge is 2.20. The number of hydrogen-bond donors (Lipinski definition) is 3. The fraction of sp³-hybridized carbons (Fsp3) is 0.278. The van der Waals surface area contributed by atoms with Crippen molar-refractivity contribution in [1.29, 1.82) is 0 Å². The fourth-order valence-corrected chi connectivity index (χ4v) is 3.43. The maximum atomic E-state index is 12.3. The smallest absolute Gasteiger partial charge is 0.322 e. The van der Waals surface area contributed by atoms with E-state index in [1.165, 1.54) is 25.3 Å². The summed E-state index contributed by atoms with van der Waals surface area (Å²) in [6, 6.07) is 5.37. The Balaban J connectivity index is -0.00000205. The standard InChI is InChI=1S/C18H21N7O4S.5H2/c1-9(2)30(27,28)12-6-4-11(5-7-12)13-8-21-15(20)14(22-13)17-24-25-18(29-17)23-16(26)10(3)19;;;;;/h4-10H,19H2,1-3H3,(H2,20,21)(H,23,25,26);5*1H. The SMILES string of the molecule is CC(N)C(=O)Nc1nnc(-c2nc(-c3ccc(S(=O)(=O)C(C)C)cc3)cnc2N)o1.[HH].[HH].[HH].[HH].[HH]. The van der Waals surface area contributed by atoms with Crippen molar-refractivity contribution < 1.29 is 24.8 Å². The Hall–Kier alpha value is -3.38. The number of nitrogens with two attached hydrogens (primary N) is 2. The van der Waals surface area contributed by atoms with E-state index in [2.05, 4.69) is 25.5 Å². The molecule has 5 N–H and O–H groups in total. The second kappa shape index (κ2) is 8.16. The van der Waals surface area contributed by atoms with Crippen LogP contribution in [0.3, 0.4) is 0 Å². The second-order valence-corrected chi connectivity index (χ2v) is 9.30. The van der Waals surface area contributed by atoms with Crippen LogP contribution in [0.15, 0.2) is 39.8 Å². The number of carbonyl (C=O) groups is 1. The van der Waals surface area contributed by atoms with Crippen LogP contribution in [0.5, 0.6) is 0 Å². The lowest BCUT2D eigenvalue weighted by Gasteiger charge is -2.09. The van der Waals surface area contributed by atoms with Crippen molar-refractivity contribution in [3.8, 4) is 22.8 Å². The number of anilines is 2. The van der Waals surface area contributed by atoms with Crippen LogP contribution in [0.4, 0.5) is 11.8 Å². The molecule has 0 bridgehead atoms. The molecule has 0 fully saturated rings. The summed E-state index contributed by atoms with van der Waals surface area (Å²) >= 11 is 0. The zero-order valence-corrected chi connectivity index (χ0v) is 17.3. The summed E-state index contributed by atoms with van der Waals surface area (Å²) in [6.07, 6.45) is 1.44. The van der Waals surface area contributed by atoms with Gasteiger partial charge in [0.1, 0.15) is 0 Å².